The maximum atomic E-state index is 6.28. The molecule has 10 rings (SSSR count). The second-order valence-corrected chi connectivity index (χ2v) is 14.5. The van der Waals surface area contributed by atoms with Gasteiger partial charge in [0, 0.05) is 27.9 Å². The van der Waals surface area contributed by atoms with E-state index in [-0.39, 0.29) is 0 Å². The molecule has 0 spiro atoms. The number of nitrogens with zero attached hydrogens (tertiary/aromatic N) is 1. The van der Waals surface area contributed by atoms with Gasteiger partial charge >= 0.3 is 0 Å². The molecule has 0 aliphatic rings. The Hall–Kier alpha value is -7.68. The molecule has 1 aromatic heterocycles. The highest BCUT2D eigenvalue weighted by Crippen LogP contribution is 2.42. The zero-order chi connectivity index (χ0) is 38.7. The molecule has 0 fully saturated rings. The fraction of sp³-hybridized carbons (Fsp3) is 0. The molecule has 58 heavy (non-hydrogen) atoms. The first-order valence-electron chi connectivity index (χ1n) is 19.7. The van der Waals surface area contributed by atoms with E-state index in [1.807, 2.05) is 18.2 Å². The van der Waals surface area contributed by atoms with Crippen molar-refractivity contribution in [3.8, 4) is 67.0 Å². The summed E-state index contributed by atoms with van der Waals surface area (Å²) in [5, 5.41) is 1.11. The SMILES string of the molecule is c1ccc(-c2cccc(-c3ccc(N(c4ccc(-c5ccc(-c6ccccc6-c6cc7ccccc7o6)cc5)cc4)c4ccccc4-c4ccccc4)cc3)c2)cc1. The largest absolute Gasteiger partial charge is 0.456 e. The molecule has 0 saturated heterocycles. The number of anilines is 3. The average molecular weight is 742 g/mol. The lowest BCUT2D eigenvalue weighted by molar-refractivity contribution is 0.632. The van der Waals surface area contributed by atoms with Crippen LogP contribution >= 0.6 is 0 Å². The molecule has 2 heteroatoms. The first-order chi connectivity index (χ1) is 28.7. The van der Waals surface area contributed by atoms with E-state index >= 15 is 0 Å². The monoisotopic (exact) mass is 741 g/mol. The maximum absolute atomic E-state index is 6.28. The Morgan fingerprint density at radius 2 is 0.707 bits per heavy atom. The molecule has 0 amide bonds. The lowest BCUT2D eigenvalue weighted by Gasteiger charge is -2.28. The fourth-order valence-electron chi connectivity index (χ4n) is 7.98. The van der Waals surface area contributed by atoms with Crippen molar-refractivity contribution < 1.29 is 4.42 Å². The van der Waals surface area contributed by atoms with Crippen LogP contribution in [0.2, 0.25) is 0 Å². The van der Waals surface area contributed by atoms with Crippen molar-refractivity contribution in [3.05, 3.63) is 237 Å². The fourth-order valence-corrected chi connectivity index (χ4v) is 7.98. The Balaban J connectivity index is 0.983. The Kier molecular flexibility index (Phi) is 9.27. The molecule has 0 radical (unpaired) electrons. The van der Waals surface area contributed by atoms with E-state index in [9.17, 15) is 0 Å². The van der Waals surface area contributed by atoms with Crippen LogP contribution in [0.3, 0.4) is 0 Å². The number of rotatable bonds is 9. The summed E-state index contributed by atoms with van der Waals surface area (Å²) in [7, 11) is 0. The lowest BCUT2D eigenvalue weighted by Crippen LogP contribution is -2.11. The van der Waals surface area contributed by atoms with Crippen molar-refractivity contribution >= 4 is 28.0 Å². The van der Waals surface area contributed by atoms with Crippen molar-refractivity contribution in [2.75, 3.05) is 4.90 Å². The molecule has 0 atom stereocenters. The van der Waals surface area contributed by atoms with Crippen LogP contribution in [0.1, 0.15) is 0 Å². The third-order valence-electron chi connectivity index (χ3n) is 10.9. The molecule has 1 heterocycles. The second-order valence-electron chi connectivity index (χ2n) is 14.5. The van der Waals surface area contributed by atoms with Crippen LogP contribution in [-0.2, 0) is 0 Å². The highest BCUT2D eigenvalue weighted by Gasteiger charge is 2.18. The van der Waals surface area contributed by atoms with Crippen molar-refractivity contribution in [2.45, 2.75) is 0 Å². The number of hydrogen-bond acceptors (Lipinski definition) is 2. The van der Waals surface area contributed by atoms with Gasteiger partial charge in [-0.05, 0) is 98.6 Å². The molecule has 0 N–H and O–H groups in total. The number of para-hydroxylation sites is 2. The van der Waals surface area contributed by atoms with Gasteiger partial charge in [-0.2, -0.15) is 0 Å². The summed E-state index contributed by atoms with van der Waals surface area (Å²) in [6.07, 6.45) is 0. The van der Waals surface area contributed by atoms with Crippen molar-refractivity contribution in [1.29, 1.82) is 0 Å². The van der Waals surface area contributed by atoms with E-state index in [1.54, 1.807) is 0 Å². The third kappa shape index (κ3) is 6.89. The Bertz CT molecular complexity index is 2930. The Morgan fingerprint density at radius 1 is 0.276 bits per heavy atom. The van der Waals surface area contributed by atoms with Crippen LogP contribution in [0.4, 0.5) is 17.1 Å². The quantitative estimate of drug-likeness (QED) is 0.146. The van der Waals surface area contributed by atoms with Gasteiger partial charge in [-0.15, -0.1) is 0 Å². The molecule has 0 bridgehead atoms. The Morgan fingerprint density at radius 3 is 1.34 bits per heavy atom. The first-order valence-corrected chi connectivity index (χ1v) is 19.7. The van der Waals surface area contributed by atoms with Gasteiger partial charge in [-0.3, -0.25) is 0 Å². The van der Waals surface area contributed by atoms with Gasteiger partial charge in [0.25, 0.3) is 0 Å². The van der Waals surface area contributed by atoms with Crippen LogP contribution in [0, 0.1) is 0 Å². The molecule has 2 nitrogen and oxygen atoms in total. The smallest absolute Gasteiger partial charge is 0.136 e. The van der Waals surface area contributed by atoms with Crippen molar-refractivity contribution in [3.63, 3.8) is 0 Å². The van der Waals surface area contributed by atoms with Gasteiger partial charge in [-0.1, -0.05) is 188 Å². The lowest BCUT2D eigenvalue weighted by atomic mass is 9.95. The number of benzene rings is 9. The molecular formula is C56H39NO. The Labute approximate surface area is 339 Å². The molecule has 10 aromatic rings. The van der Waals surface area contributed by atoms with Crippen LogP contribution in [-0.4, -0.2) is 0 Å². The molecule has 9 aromatic carbocycles. The van der Waals surface area contributed by atoms with Gasteiger partial charge in [0.1, 0.15) is 11.3 Å². The van der Waals surface area contributed by atoms with Gasteiger partial charge in [0.15, 0.2) is 0 Å². The molecule has 0 aliphatic carbocycles. The van der Waals surface area contributed by atoms with Crippen LogP contribution < -0.4 is 4.90 Å². The van der Waals surface area contributed by atoms with Crippen LogP contribution in [0.25, 0.3) is 77.9 Å². The first kappa shape index (κ1) is 34.8. The maximum Gasteiger partial charge on any atom is 0.136 e. The summed E-state index contributed by atoms with van der Waals surface area (Å²) in [6, 6.07) is 84.2. The molecule has 0 aliphatic heterocycles. The summed E-state index contributed by atoms with van der Waals surface area (Å²) in [5.74, 6) is 0.877. The zero-order valence-electron chi connectivity index (χ0n) is 31.9. The van der Waals surface area contributed by atoms with E-state index in [1.165, 1.54) is 33.4 Å². The third-order valence-corrected chi connectivity index (χ3v) is 10.9. The second kappa shape index (κ2) is 15.5. The van der Waals surface area contributed by atoms with E-state index in [2.05, 4.69) is 223 Å². The molecule has 274 valence electrons. The number of fused-ring (bicyclic) bond motifs is 1. The summed E-state index contributed by atoms with van der Waals surface area (Å²) < 4.78 is 6.28. The normalized spacial score (nSPS) is 11.1. The topological polar surface area (TPSA) is 16.4 Å². The molecular weight excluding hydrogens is 703 g/mol. The summed E-state index contributed by atoms with van der Waals surface area (Å²) in [5.41, 5.74) is 17.0. The van der Waals surface area contributed by atoms with Crippen molar-refractivity contribution in [1.82, 2.24) is 0 Å². The predicted molar refractivity (Wildman–Crippen MR) is 244 cm³/mol. The average Bonchev–Trinajstić information content (AvgIpc) is 3.75. The minimum atomic E-state index is 0.877. The molecule has 0 unspecified atom stereocenters. The van der Waals surface area contributed by atoms with Gasteiger partial charge in [-0.25, -0.2) is 0 Å². The minimum absolute atomic E-state index is 0.877. The van der Waals surface area contributed by atoms with E-state index in [0.29, 0.717) is 0 Å². The van der Waals surface area contributed by atoms with Crippen LogP contribution in [0.15, 0.2) is 241 Å². The van der Waals surface area contributed by atoms with Crippen molar-refractivity contribution in [2.24, 2.45) is 0 Å². The minimum Gasteiger partial charge on any atom is -0.456 e. The van der Waals surface area contributed by atoms with Gasteiger partial charge < -0.3 is 9.32 Å². The van der Waals surface area contributed by atoms with Gasteiger partial charge in [0.05, 0.1) is 5.69 Å². The number of furan rings is 1. The number of hydrogen-bond donors (Lipinski definition) is 0. The zero-order valence-corrected chi connectivity index (χ0v) is 31.9. The standard InChI is InChI=1S/C56H39NO/c1-3-14-40(15-4-1)46-19-13-20-47(38-46)43-32-36-50(37-33-43)57(54-24-11-10-22-52(54)44-16-5-2-6-17-44)49-34-30-42(31-35-49)41-26-28-45(29-27-41)51-21-8-9-23-53(51)56-39-48-18-7-12-25-55(48)58-56/h1-39H. The van der Waals surface area contributed by atoms with E-state index < -0.39 is 0 Å². The van der Waals surface area contributed by atoms with E-state index in [4.69, 9.17) is 4.42 Å². The van der Waals surface area contributed by atoms with E-state index in [0.717, 1.165) is 61.6 Å². The highest BCUT2D eigenvalue weighted by atomic mass is 16.3. The predicted octanol–water partition coefficient (Wildman–Crippen LogP) is 15.9. The summed E-state index contributed by atoms with van der Waals surface area (Å²) >= 11 is 0. The summed E-state index contributed by atoms with van der Waals surface area (Å²) in [4.78, 5) is 2.37. The summed E-state index contributed by atoms with van der Waals surface area (Å²) in [6.45, 7) is 0. The van der Waals surface area contributed by atoms with Crippen LogP contribution in [0.5, 0.6) is 0 Å². The van der Waals surface area contributed by atoms with Gasteiger partial charge in [0.2, 0.25) is 0 Å². The highest BCUT2D eigenvalue weighted by molar-refractivity contribution is 5.90. The molecule has 0 saturated carbocycles.